The van der Waals surface area contributed by atoms with Gasteiger partial charge in [0.05, 0.1) is 13.2 Å². The molecule has 2 unspecified atom stereocenters. The van der Waals surface area contributed by atoms with Crippen LogP contribution in [0.2, 0.25) is 0 Å². The predicted molar refractivity (Wildman–Crippen MR) is 75.0 cm³/mol. The lowest BCUT2D eigenvalue weighted by molar-refractivity contribution is -0.336. The molecular weight excluding hydrogens is 352 g/mol. The largest absolute Gasteiger partial charge is 0.497 e. The van der Waals surface area contributed by atoms with Crippen molar-refractivity contribution in [2.45, 2.75) is 30.4 Å². The smallest absolute Gasteiger partial charge is 0.421 e. The Morgan fingerprint density at radius 1 is 1.08 bits per heavy atom. The molecule has 0 N–H and O–H groups in total. The van der Waals surface area contributed by atoms with Gasteiger partial charge < -0.3 is 9.64 Å². The molecule has 136 valence electrons. The summed E-state index contributed by atoms with van der Waals surface area (Å²) >= 11 is 0. The SMILES string of the molecule is COc1ccc(C(=O)N2C3C=CC(C3)C2(C(F)(F)F)C(F)(F)F)cc1. The van der Waals surface area contributed by atoms with Crippen LogP contribution >= 0.6 is 0 Å². The standard InChI is InChI=1S/C16H13F6NO2/c1-25-12-6-2-9(3-7-12)13(24)23-11-5-4-10(8-11)14(23,15(17,18)19)16(20,21)22/h2-7,10-11H,8H2,1H3. The maximum absolute atomic E-state index is 13.6. The molecule has 1 saturated heterocycles. The third-order valence-electron chi connectivity index (χ3n) is 4.73. The van der Waals surface area contributed by atoms with Crippen molar-refractivity contribution in [1.82, 2.24) is 4.90 Å². The number of carbonyl (C=O) groups is 1. The molecule has 2 bridgehead atoms. The molecule has 1 aliphatic heterocycles. The van der Waals surface area contributed by atoms with Crippen LogP contribution in [0.5, 0.6) is 5.75 Å². The number of methoxy groups -OCH3 is 1. The Labute approximate surface area is 138 Å². The van der Waals surface area contributed by atoms with Crippen LogP contribution in [-0.2, 0) is 0 Å². The third kappa shape index (κ3) is 2.31. The Kier molecular flexibility index (Phi) is 3.81. The molecule has 1 heterocycles. The number of hydrogen-bond acceptors (Lipinski definition) is 2. The summed E-state index contributed by atoms with van der Waals surface area (Å²) in [7, 11) is 1.35. The van der Waals surface area contributed by atoms with Crippen molar-refractivity contribution in [3.63, 3.8) is 0 Å². The minimum absolute atomic E-state index is 0.0561. The molecule has 1 aliphatic carbocycles. The summed E-state index contributed by atoms with van der Waals surface area (Å²) in [6.45, 7) is 0. The summed E-state index contributed by atoms with van der Waals surface area (Å²) in [5, 5.41) is 0. The van der Waals surface area contributed by atoms with Gasteiger partial charge in [-0.05, 0) is 30.7 Å². The van der Waals surface area contributed by atoms with E-state index in [-0.39, 0.29) is 10.5 Å². The molecule has 2 atom stereocenters. The van der Waals surface area contributed by atoms with Gasteiger partial charge in [-0.3, -0.25) is 4.79 Å². The Hall–Kier alpha value is -2.19. The maximum Gasteiger partial charge on any atom is 0.421 e. The monoisotopic (exact) mass is 365 g/mol. The number of ether oxygens (including phenoxy) is 1. The van der Waals surface area contributed by atoms with E-state index in [0.717, 1.165) is 18.2 Å². The number of benzene rings is 1. The van der Waals surface area contributed by atoms with E-state index in [4.69, 9.17) is 4.74 Å². The van der Waals surface area contributed by atoms with Crippen LogP contribution in [0.3, 0.4) is 0 Å². The summed E-state index contributed by atoms with van der Waals surface area (Å²) in [4.78, 5) is 12.5. The second-order valence-corrected chi connectivity index (χ2v) is 5.96. The molecule has 9 heteroatoms. The van der Waals surface area contributed by atoms with Crippen LogP contribution in [0.25, 0.3) is 0 Å². The van der Waals surface area contributed by atoms with Crippen LogP contribution in [0.4, 0.5) is 26.3 Å². The minimum atomic E-state index is -5.66. The highest BCUT2D eigenvalue weighted by Crippen LogP contribution is 2.60. The van der Waals surface area contributed by atoms with Crippen molar-refractivity contribution in [3.8, 4) is 5.75 Å². The molecule has 1 aromatic carbocycles. The van der Waals surface area contributed by atoms with Gasteiger partial charge in [-0.15, -0.1) is 0 Å². The van der Waals surface area contributed by atoms with Gasteiger partial charge in [0.15, 0.2) is 0 Å². The van der Waals surface area contributed by atoms with Gasteiger partial charge in [-0.25, -0.2) is 0 Å². The maximum atomic E-state index is 13.6. The zero-order chi connectivity index (χ0) is 18.6. The number of fused-ring (bicyclic) bond motifs is 2. The van der Waals surface area contributed by atoms with Crippen molar-refractivity contribution in [3.05, 3.63) is 42.0 Å². The first-order valence-electron chi connectivity index (χ1n) is 7.33. The molecule has 1 aromatic rings. The van der Waals surface area contributed by atoms with Crippen molar-refractivity contribution >= 4 is 5.91 Å². The zero-order valence-electron chi connectivity index (χ0n) is 12.9. The topological polar surface area (TPSA) is 29.5 Å². The normalized spacial score (nSPS) is 24.7. The van der Waals surface area contributed by atoms with E-state index in [1.807, 2.05) is 0 Å². The third-order valence-corrected chi connectivity index (χ3v) is 4.73. The fraction of sp³-hybridized carbons (Fsp3) is 0.438. The number of amides is 1. The first-order valence-corrected chi connectivity index (χ1v) is 7.33. The van der Waals surface area contributed by atoms with Crippen LogP contribution in [-0.4, -0.2) is 41.9 Å². The van der Waals surface area contributed by atoms with Crippen LogP contribution < -0.4 is 4.74 Å². The summed E-state index contributed by atoms with van der Waals surface area (Å²) < 4.78 is 86.8. The van der Waals surface area contributed by atoms with Gasteiger partial charge in [0.25, 0.3) is 5.91 Å². The fourth-order valence-corrected chi connectivity index (χ4v) is 3.66. The van der Waals surface area contributed by atoms with Gasteiger partial charge in [0, 0.05) is 11.5 Å². The average Bonchev–Trinajstić information content (AvgIpc) is 3.12. The first kappa shape index (κ1) is 17.6. The van der Waals surface area contributed by atoms with E-state index in [1.54, 1.807) is 0 Å². The zero-order valence-corrected chi connectivity index (χ0v) is 12.9. The second kappa shape index (κ2) is 5.40. The lowest BCUT2D eigenvalue weighted by atomic mass is 9.83. The van der Waals surface area contributed by atoms with Crippen molar-refractivity contribution in [2.24, 2.45) is 5.92 Å². The minimum Gasteiger partial charge on any atom is -0.497 e. The van der Waals surface area contributed by atoms with Crippen molar-refractivity contribution in [2.75, 3.05) is 7.11 Å². The molecule has 2 aliphatic rings. The van der Waals surface area contributed by atoms with Crippen molar-refractivity contribution in [1.29, 1.82) is 0 Å². The number of rotatable bonds is 2. The van der Waals surface area contributed by atoms with E-state index in [2.05, 4.69) is 0 Å². The second-order valence-electron chi connectivity index (χ2n) is 5.96. The molecular formula is C16H13F6NO2. The average molecular weight is 365 g/mol. The Bertz CT molecular complexity index is 693. The van der Waals surface area contributed by atoms with Crippen LogP contribution in [0, 0.1) is 5.92 Å². The number of nitrogens with zero attached hydrogens (tertiary/aromatic N) is 1. The number of alkyl halides is 6. The summed E-state index contributed by atoms with van der Waals surface area (Å²) in [5.41, 5.74) is -4.48. The molecule has 0 radical (unpaired) electrons. The summed E-state index contributed by atoms with van der Waals surface area (Å²) in [6.07, 6.45) is -9.58. The van der Waals surface area contributed by atoms with E-state index in [9.17, 15) is 31.1 Å². The fourth-order valence-electron chi connectivity index (χ4n) is 3.66. The number of carbonyl (C=O) groups excluding carboxylic acids is 1. The molecule has 1 amide bonds. The summed E-state index contributed by atoms with van der Waals surface area (Å²) in [5.74, 6) is -2.83. The first-order chi connectivity index (χ1) is 11.5. The molecule has 25 heavy (non-hydrogen) atoms. The quantitative estimate of drug-likeness (QED) is 0.587. The Morgan fingerprint density at radius 2 is 1.64 bits per heavy atom. The van der Waals surface area contributed by atoms with Gasteiger partial charge in [-0.2, -0.15) is 26.3 Å². The van der Waals surface area contributed by atoms with E-state index in [1.165, 1.54) is 25.3 Å². The number of likely N-dealkylation sites (tertiary alicyclic amines) is 1. The van der Waals surface area contributed by atoms with Crippen LogP contribution in [0.15, 0.2) is 36.4 Å². The van der Waals surface area contributed by atoms with Gasteiger partial charge in [0.1, 0.15) is 5.75 Å². The Morgan fingerprint density at radius 3 is 2.12 bits per heavy atom. The predicted octanol–water partition coefficient (Wildman–Crippen LogP) is 3.96. The highest BCUT2D eigenvalue weighted by molar-refractivity contribution is 5.96. The lowest BCUT2D eigenvalue weighted by Crippen LogP contribution is -2.70. The van der Waals surface area contributed by atoms with Crippen LogP contribution in [0.1, 0.15) is 16.8 Å². The summed E-state index contributed by atoms with van der Waals surface area (Å²) in [6, 6.07) is 3.66. The van der Waals surface area contributed by atoms with Gasteiger partial charge in [-0.1, -0.05) is 12.2 Å². The van der Waals surface area contributed by atoms with E-state index < -0.39 is 42.2 Å². The highest BCUT2D eigenvalue weighted by Gasteiger charge is 2.81. The molecule has 0 spiro atoms. The molecule has 1 fully saturated rings. The molecule has 0 aromatic heterocycles. The van der Waals surface area contributed by atoms with E-state index >= 15 is 0 Å². The highest BCUT2D eigenvalue weighted by atomic mass is 19.4. The van der Waals surface area contributed by atoms with Gasteiger partial charge >= 0.3 is 12.4 Å². The van der Waals surface area contributed by atoms with Crippen molar-refractivity contribution < 1.29 is 35.9 Å². The number of hydrogen-bond donors (Lipinski definition) is 0. The van der Waals surface area contributed by atoms with E-state index in [0.29, 0.717) is 5.75 Å². The lowest BCUT2D eigenvalue weighted by Gasteiger charge is -2.46. The Balaban J connectivity index is 2.11. The number of halogens is 6. The van der Waals surface area contributed by atoms with Gasteiger partial charge in [0.2, 0.25) is 5.54 Å². The molecule has 0 saturated carbocycles. The molecule has 3 rings (SSSR count). The molecule has 3 nitrogen and oxygen atoms in total.